The average Bonchev–Trinajstić information content (AvgIpc) is 2.57. The third kappa shape index (κ3) is 3.71. The van der Waals surface area contributed by atoms with Gasteiger partial charge in [0.25, 0.3) is 5.91 Å². The molecule has 6 nitrogen and oxygen atoms in total. The molecule has 1 aromatic heterocycles. The van der Waals surface area contributed by atoms with Crippen molar-refractivity contribution in [1.82, 2.24) is 4.98 Å². The van der Waals surface area contributed by atoms with Crippen LogP contribution in [0.25, 0.3) is 10.9 Å². The van der Waals surface area contributed by atoms with Crippen molar-refractivity contribution < 1.29 is 9.59 Å². The molecule has 1 heterocycles. The fourth-order valence-electron chi connectivity index (χ4n) is 2.45. The highest BCUT2D eigenvalue weighted by Gasteiger charge is 2.15. The fraction of sp³-hybridized carbons (Fsp3) is 0.0556. The van der Waals surface area contributed by atoms with Gasteiger partial charge < -0.3 is 15.6 Å². The second kappa shape index (κ2) is 7.19. The van der Waals surface area contributed by atoms with E-state index in [1.807, 2.05) is 0 Å². The first-order valence-electron chi connectivity index (χ1n) is 7.54. The number of benzene rings is 2. The number of aromatic amines is 1. The van der Waals surface area contributed by atoms with Gasteiger partial charge in [0.05, 0.1) is 16.2 Å². The van der Waals surface area contributed by atoms with Crippen LogP contribution in [0.3, 0.4) is 0 Å². The first-order chi connectivity index (χ1) is 12.3. The molecule has 0 spiro atoms. The first kappa shape index (κ1) is 18.0. The summed E-state index contributed by atoms with van der Waals surface area (Å²) in [6.45, 7) is 1.37. The van der Waals surface area contributed by atoms with Crippen LogP contribution < -0.4 is 16.1 Å². The van der Waals surface area contributed by atoms with Gasteiger partial charge >= 0.3 is 0 Å². The summed E-state index contributed by atoms with van der Waals surface area (Å²) < 4.78 is 0. The van der Waals surface area contributed by atoms with Crippen LogP contribution in [0.2, 0.25) is 10.0 Å². The van der Waals surface area contributed by atoms with Crippen molar-refractivity contribution >= 4 is 57.3 Å². The Hall–Kier alpha value is -2.83. The molecule has 0 aliphatic rings. The molecular weight excluding hydrogens is 377 g/mol. The number of H-pyrrole nitrogens is 1. The number of aromatic nitrogens is 1. The third-order valence-corrected chi connectivity index (χ3v) is 4.19. The van der Waals surface area contributed by atoms with Crippen LogP contribution >= 0.6 is 23.2 Å². The summed E-state index contributed by atoms with van der Waals surface area (Å²) in [4.78, 5) is 39.1. The minimum atomic E-state index is -0.620. The molecule has 0 aliphatic heterocycles. The lowest BCUT2D eigenvalue weighted by Gasteiger charge is -2.10. The maximum atomic E-state index is 12.6. The smallest absolute Gasteiger partial charge is 0.261 e. The summed E-state index contributed by atoms with van der Waals surface area (Å²) in [5.41, 5.74) is 0.783. The number of hydrogen-bond donors (Lipinski definition) is 3. The molecule has 2 aromatic carbocycles. The fourth-order valence-corrected chi connectivity index (χ4v) is 2.79. The van der Waals surface area contributed by atoms with Gasteiger partial charge in [-0.25, -0.2) is 0 Å². The minimum absolute atomic E-state index is 0.0687. The van der Waals surface area contributed by atoms with Crippen LogP contribution in [0.5, 0.6) is 0 Å². The van der Waals surface area contributed by atoms with Crippen molar-refractivity contribution in [3.05, 3.63) is 68.4 Å². The predicted molar refractivity (Wildman–Crippen MR) is 103 cm³/mol. The molecule has 0 atom stereocenters. The van der Waals surface area contributed by atoms with E-state index in [0.717, 1.165) is 0 Å². The molecule has 2 amide bonds. The monoisotopic (exact) mass is 389 g/mol. The van der Waals surface area contributed by atoms with Crippen LogP contribution in [0, 0.1) is 0 Å². The SMILES string of the molecule is CC(=O)Nc1ccc(Cl)c(NC(=O)c2c[nH]c3cc(Cl)ccc3c2=O)c1. The zero-order chi connectivity index (χ0) is 18.8. The maximum absolute atomic E-state index is 12.6. The topological polar surface area (TPSA) is 91.1 Å². The molecular formula is C18H13Cl2N3O3. The molecule has 0 bridgehead atoms. The highest BCUT2D eigenvalue weighted by molar-refractivity contribution is 6.34. The van der Waals surface area contributed by atoms with E-state index in [2.05, 4.69) is 15.6 Å². The van der Waals surface area contributed by atoms with E-state index in [9.17, 15) is 14.4 Å². The molecule has 8 heteroatoms. The average molecular weight is 390 g/mol. The predicted octanol–water partition coefficient (Wildman–Crippen LogP) is 4.05. The van der Waals surface area contributed by atoms with Gasteiger partial charge in [-0.05, 0) is 36.4 Å². The molecule has 26 heavy (non-hydrogen) atoms. The van der Waals surface area contributed by atoms with Crippen molar-refractivity contribution in [2.24, 2.45) is 0 Å². The summed E-state index contributed by atoms with van der Waals surface area (Å²) >= 11 is 12.0. The maximum Gasteiger partial charge on any atom is 0.261 e. The molecule has 0 unspecified atom stereocenters. The summed E-state index contributed by atoms with van der Waals surface area (Å²) in [6.07, 6.45) is 1.32. The zero-order valence-electron chi connectivity index (χ0n) is 13.5. The van der Waals surface area contributed by atoms with Gasteiger partial charge in [-0.3, -0.25) is 14.4 Å². The number of nitrogens with one attached hydrogen (secondary N) is 3. The molecule has 0 fully saturated rings. The largest absolute Gasteiger partial charge is 0.360 e. The highest BCUT2D eigenvalue weighted by Crippen LogP contribution is 2.26. The minimum Gasteiger partial charge on any atom is -0.360 e. The highest BCUT2D eigenvalue weighted by atomic mass is 35.5. The molecule has 132 valence electrons. The van der Waals surface area contributed by atoms with E-state index < -0.39 is 11.3 Å². The van der Waals surface area contributed by atoms with E-state index >= 15 is 0 Å². The molecule has 3 rings (SSSR count). The van der Waals surface area contributed by atoms with Crippen LogP contribution in [-0.2, 0) is 4.79 Å². The van der Waals surface area contributed by atoms with Crippen molar-refractivity contribution in [3.63, 3.8) is 0 Å². The summed E-state index contributed by atoms with van der Waals surface area (Å²) in [7, 11) is 0. The van der Waals surface area contributed by atoms with Crippen molar-refractivity contribution in [2.75, 3.05) is 10.6 Å². The summed E-state index contributed by atoms with van der Waals surface area (Å²) in [6, 6.07) is 9.39. The molecule has 0 saturated heterocycles. The Morgan fingerprint density at radius 2 is 1.81 bits per heavy atom. The van der Waals surface area contributed by atoms with E-state index in [4.69, 9.17) is 23.2 Å². The summed E-state index contributed by atoms with van der Waals surface area (Å²) in [5.74, 6) is -0.876. The number of rotatable bonds is 3. The van der Waals surface area contributed by atoms with Crippen LogP contribution in [0.4, 0.5) is 11.4 Å². The van der Waals surface area contributed by atoms with Gasteiger partial charge in [0.15, 0.2) is 0 Å². The molecule has 3 aromatic rings. The molecule has 0 radical (unpaired) electrons. The van der Waals surface area contributed by atoms with Gasteiger partial charge in [-0.15, -0.1) is 0 Å². The Labute approximate surface area is 158 Å². The number of carbonyl (C=O) groups is 2. The lowest BCUT2D eigenvalue weighted by molar-refractivity contribution is -0.114. The Morgan fingerprint density at radius 1 is 1.04 bits per heavy atom. The first-order valence-corrected chi connectivity index (χ1v) is 8.30. The van der Waals surface area contributed by atoms with E-state index in [-0.39, 0.29) is 22.2 Å². The second-order valence-corrected chi connectivity index (χ2v) is 6.39. The molecule has 0 aliphatic carbocycles. The number of fused-ring (bicyclic) bond motifs is 1. The molecule has 0 saturated carbocycles. The van der Waals surface area contributed by atoms with Crippen LogP contribution in [0.1, 0.15) is 17.3 Å². The lowest BCUT2D eigenvalue weighted by atomic mass is 10.1. The van der Waals surface area contributed by atoms with Gasteiger partial charge in [0.1, 0.15) is 5.56 Å². The standard InChI is InChI=1S/C18H13Cl2N3O3/c1-9(24)22-11-3-5-14(20)16(7-11)23-18(26)13-8-21-15-6-10(19)2-4-12(15)17(13)25/h2-8H,1H3,(H,21,25)(H,22,24)(H,23,26). The summed E-state index contributed by atoms with van der Waals surface area (Å²) in [5, 5.41) is 6.29. The number of amides is 2. The Balaban J connectivity index is 1.95. The van der Waals surface area contributed by atoms with Crippen molar-refractivity contribution in [1.29, 1.82) is 0 Å². The normalized spacial score (nSPS) is 10.6. The Morgan fingerprint density at radius 3 is 2.54 bits per heavy atom. The Bertz CT molecular complexity index is 1090. The van der Waals surface area contributed by atoms with Gasteiger partial charge in [0, 0.05) is 29.2 Å². The van der Waals surface area contributed by atoms with E-state index in [1.165, 1.54) is 25.3 Å². The van der Waals surface area contributed by atoms with Gasteiger partial charge in [-0.2, -0.15) is 0 Å². The Kier molecular flexibility index (Phi) is 4.97. The van der Waals surface area contributed by atoms with Crippen molar-refractivity contribution in [3.8, 4) is 0 Å². The number of pyridine rings is 1. The quantitative estimate of drug-likeness (QED) is 0.630. The van der Waals surface area contributed by atoms with E-state index in [1.54, 1.807) is 24.3 Å². The number of hydrogen-bond acceptors (Lipinski definition) is 3. The van der Waals surface area contributed by atoms with E-state index in [0.29, 0.717) is 21.6 Å². The molecule has 3 N–H and O–H groups in total. The number of carbonyl (C=O) groups excluding carboxylic acids is 2. The lowest BCUT2D eigenvalue weighted by Crippen LogP contribution is -2.22. The number of anilines is 2. The third-order valence-electron chi connectivity index (χ3n) is 3.62. The van der Waals surface area contributed by atoms with Crippen molar-refractivity contribution in [2.45, 2.75) is 6.92 Å². The van der Waals surface area contributed by atoms with Crippen LogP contribution in [-0.4, -0.2) is 16.8 Å². The number of halogens is 2. The van der Waals surface area contributed by atoms with Crippen LogP contribution in [0.15, 0.2) is 47.4 Å². The second-order valence-electron chi connectivity index (χ2n) is 5.55. The van der Waals surface area contributed by atoms with Gasteiger partial charge in [0.2, 0.25) is 11.3 Å². The zero-order valence-corrected chi connectivity index (χ0v) is 15.0. The van der Waals surface area contributed by atoms with Gasteiger partial charge in [-0.1, -0.05) is 23.2 Å².